The summed E-state index contributed by atoms with van der Waals surface area (Å²) in [5, 5.41) is 19.1. The first-order valence-corrected chi connectivity index (χ1v) is 3.44. The lowest BCUT2D eigenvalue weighted by Crippen LogP contribution is -2.01. The fraction of sp³-hybridized carbons (Fsp3) is 0. The Kier molecular flexibility index (Phi) is 2.52. The zero-order valence-corrected chi connectivity index (χ0v) is 6.63. The first-order chi connectivity index (χ1) is 5.65. The van der Waals surface area contributed by atoms with Crippen LogP contribution in [-0.2, 0) is 0 Å². The largest absolute Gasteiger partial charge is 0.761 e. The molecule has 0 radical (unpaired) electrons. The van der Waals surface area contributed by atoms with Crippen molar-refractivity contribution in [2.75, 3.05) is 5.48 Å². The van der Waals surface area contributed by atoms with Crippen LogP contribution < -0.4 is 5.48 Å². The lowest BCUT2D eigenvalue weighted by molar-refractivity contribution is 0.0698. The summed E-state index contributed by atoms with van der Waals surface area (Å²) < 4.78 is 0. The molecule has 0 aliphatic rings. The number of anilines is 1. The molecule has 0 aliphatic carbocycles. The van der Waals surface area contributed by atoms with Gasteiger partial charge in [-0.05, 0) is 18.2 Å². The van der Waals surface area contributed by atoms with E-state index in [0.717, 1.165) is 0 Å². The molecule has 12 heavy (non-hydrogen) atoms. The minimum Gasteiger partial charge on any atom is -0.761 e. The highest BCUT2D eigenvalue weighted by Gasteiger charge is 2.07. The van der Waals surface area contributed by atoms with E-state index in [9.17, 15) is 10.0 Å². The highest BCUT2D eigenvalue weighted by Crippen LogP contribution is 2.19. The maximum absolute atomic E-state index is 10.5. The second kappa shape index (κ2) is 3.42. The molecule has 0 bridgehead atoms. The van der Waals surface area contributed by atoms with Gasteiger partial charge >= 0.3 is 5.97 Å². The molecule has 5 heteroatoms. The van der Waals surface area contributed by atoms with Crippen molar-refractivity contribution < 1.29 is 9.90 Å². The Bertz CT molecular complexity index is 314. The Balaban J connectivity index is 3.21. The van der Waals surface area contributed by atoms with Crippen LogP contribution in [0.1, 0.15) is 10.4 Å². The second-order valence-corrected chi connectivity index (χ2v) is 2.53. The van der Waals surface area contributed by atoms with E-state index < -0.39 is 5.97 Å². The van der Waals surface area contributed by atoms with Gasteiger partial charge < -0.3 is 15.8 Å². The molecule has 0 aromatic heterocycles. The molecule has 0 saturated carbocycles. The van der Waals surface area contributed by atoms with Gasteiger partial charge in [0.1, 0.15) is 0 Å². The van der Waals surface area contributed by atoms with Gasteiger partial charge in [0, 0.05) is 10.7 Å². The molecule has 1 aromatic rings. The summed E-state index contributed by atoms with van der Waals surface area (Å²) in [4.78, 5) is 10.5. The van der Waals surface area contributed by atoms with Crippen molar-refractivity contribution in [3.05, 3.63) is 34.0 Å². The van der Waals surface area contributed by atoms with Crippen molar-refractivity contribution in [2.24, 2.45) is 0 Å². The molecule has 1 aromatic carbocycles. The zero-order chi connectivity index (χ0) is 9.14. The molecule has 0 spiro atoms. The maximum atomic E-state index is 10.5. The normalized spacial score (nSPS) is 9.50. The average molecular weight is 187 g/mol. The third kappa shape index (κ3) is 1.66. The van der Waals surface area contributed by atoms with E-state index in [1.807, 2.05) is 0 Å². The smallest absolute Gasteiger partial charge is 0.337 e. The van der Waals surface area contributed by atoms with E-state index in [-0.39, 0.29) is 16.3 Å². The van der Waals surface area contributed by atoms with Crippen LogP contribution in [0.5, 0.6) is 0 Å². The number of benzene rings is 1. The van der Waals surface area contributed by atoms with Gasteiger partial charge in [-0.2, -0.15) is 0 Å². The number of halogens is 1. The molecular formula is C7H5ClNO3-. The summed E-state index contributed by atoms with van der Waals surface area (Å²) in [5.74, 6) is -1.18. The van der Waals surface area contributed by atoms with E-state index >= 15 is 0 Å². The summed E-state index contributed by atoms with van der Waals surface area (Å²) in [7, 11) is 0. The highest BCUT2D eigenvalue weighted by atomic mass is 35.5. The predicted octanol–water partition coefficient (Wildman–Crippen LogP) is 1.95. The standard InChI is InChI=1S/C7H5ClNO3/c8-4-1-2-6(9-12)5(3-4)7(10)11/h1-3,9H,(H,10,11)/q-1. The van der Waals surface area contributed by atoms with Crippen molar-refractivity contribution in [1.29, 1.82) is 0 Å². The summed E-state index contributed by atoms with van der Waals surface area (Å²) in [5.41, 5.74) is 1.39. The Morgan fingerprint density at radius 3 is 2.75 bits per heavy atom. The zero-order valence-electron chi connectivity index (χ0n) is 5.87. The van der Waals surface area contributed by atoms with Crippen LogP contribution in [0.2, 0.25) is 5.02 Å². The molecule has 1 rings (SSSR count). The molecule has 0 unspecified atom stereocenters. The summed E-state index contributed by atoms with van der Waals surface area (Å²) in [6.07, 6.45) is 0. The van der Waals surface area contributed by atoms with Crippen LogP contribution in [0.4, 0.5) is 5.69 Å². The quantitative estimate of drug-likeness (QED) is 0.693. The lowest BCUT2D eigenvalue weighted by atomic mass is 10.2. The fourth-order valence-electron chi connectivity index (χ4n) is 0.782. The Morgan fingerprint density at radius 2 is 2.25 bits per heavy atom. The number of hydrogen-bond donors (Lipinski definition) is 2. The summed E-state index contributed by atoms with van der Waals surface area (Å²) in [6, 6.07) is 3.97. The maximum Gasteiger partial charge on any atom is 0.337 e. The Hall–Kier alpha value is -1.26. The van der Waals surface area contributed by atoms with Crippen LogP contribution in [0.25, 0.3) is 0 Å². The number of carboxylic acids is 1. The Labute approximate surface area is 73.4 Å². The van der Waals surface area contributed by atoms with Gasteiger partial charge in [-0.25, -0.2) is 4.79 Å². The number of carboxylic acid groups (broad SMARTS) is 1. The van der Waals surface area contributed by atoms with E-state index in [2.05, 4.69) is 0 Å². The van der Waals surface area contributed by atoms with Gasteiger partial charge in [0.2, 0.25) is 0 Å². The van der Waals surface area contributed by atoms with Crippen molar-refractivity contribution in [2.45, 2.75) is 0 Å². The minimum atomic E-state index is -1.18. The van der Waals surface area contributed by atoms with E-state index in [1.54, 1.807) is 0 Å². The molecule has 0 aliphatic heterocycles. The van der Waals surface area contributed by atoms with Crippen LogP contribution in [-0.4, -0.2) is 11.1 Å². The second-order valence-electron chi connectivity index (χ2n) is 2.10. The van der Waals surface area contributed by atoms with Crippen molar-refractivity contribution in [3.8, 4) is 0 Å². The number of aromatic carboxylic acids is 1. The van der Waals surface area contributed by atoms with Gasteiger partial charge in [0.15, 0.2) is 0 Å². The van der Waals surface area contributed by atoms with Gasteiger partial charge in [0.05, 0.1) is 5.56 Å². The molecule has 4 nitrogen and oxygen atoms in total. The minimum absolute atomic E-state index is 0.00639. The molecular weight excluding hydrogens is 182 g/mol. The molecule has 64 valence electrons. The van der Waals surface area contributed by atoms with Crippen molar-refractivity contribution >= 4 is 23.3 Å². The molecule has 0 amide bonds. The van der Waals surface area contributed by atoms with E-state index in [4.69, 9.17) is 16.7 Å². The van der Waals surface area contributed by atoms with Gasteiger partial charge in [-0.1, -0.05) is 11.6 Å². The fourth-order valence-corrected chi connectivity index (χ4v) is 0.955. The summed E-state index contributed by atoms with van der Waals surface area (Å²) in [6.45, 7) is 0. The summed E-state index contributed by atoms with van der Waals surface area (Å²) >= 11 is 5.52. The molecule has 2 N–H and O–H groups in total. The SMILES string of the molecule is O=C(O)c1cc(Cl)ccc1N[O-]. The van der Waals surface area contributed by atoms with E-state index in [0.29, 0.717) is 0 Å². The molecule has 0 atom stereocenters. The lowest BCUT2D eigenvalue weighted by Gasteiger charge is -2.11. The Morgan fingerprint density at radius 1 is 1.58 bits per heavy atom. The molecule has 0 saturated heterocycles. The van der Waals surface area contributed by atoms with Crippen molar-refractivity contribution in [1.82, 2.24) is 0 Å². The third-order valence-electron chi connectivity index (χ3n) is 1.32. The number of carbonyl (C=O) groups is 1. The first kappa shape index (κ1) is 8.83. The van der Waals surface area contributed by atoms with Gasteiger partial charge in [0.25, 0.3) is 0 Å². The molecule has 0 fully saturated rings. The van der Waals surface area contributed by atoms with Crippen LogP contribution in [0.3, 0.4) is 0 Å². The van der Waals surface area contributed by atoms with Crippen LogP contribution in [0, 0.1) is 5.21 Å². The number of rotatable bonds is 2. The van der Waals surface area contributed by atoms with Crippen molar-refractivity contribution in [3.63, 3.8) is 0 Å². The topological polar surface area (TPSA) is 72.4 Å². The van der Waals surface area contributed by atoms with Gasteiger partial charge in [-0.3, -0.25) is 0 Å². The monoisotopic (exact) mass is 186 g/mol. The van der Waals surface area contributed by atoms with E-state index in [1.165, 1.54) is 23.7 Å². The first-order valence-electron chi connectivity index (χ1n) is 3.06. The highest BCUT2D eigenvalue weighted by molar-refractivity contribution is 6.31. The number of nitrogens with one attached hydrogen (secondary N) is 1. The van der Waals surface area contributed by atoms with Crippen LogP contribution >= 0.6 is 11.6 Å². The van der Waals surface area contributed by atoms with Crippen LogP contribution in [0.15, 0.2) is 18.2 Å². The number of hydrogen-bond acceptors (Lipinski definition) is 3. The van der Waals surface area contributed by atoms with Gasteiger partial charge in [-0.15, -0.1) is 0 Å². The predicted molar refractivity (Wildman–Crippen MR) is 45.4 cm³/mol. The molecule has 0 heterocycles. The average Bonchev–Trinajstić information content (AvgIpc) is 2.04. The third-order valence-corrected chi connectivity index (χ3v) is 1.56.